The van der Waals surface area contributed by atoms with Crippen molar-refractivity contribution in [2.75, 3.05) is 19.5 Å². The van der Waals surface area contributed by atoms with Crippen molar-refractivity contribution in [1.82, 2.24) is 0 Å². The van der Waals surface area contributed by atoms with Gasteiger partial charge in [0.25, 0.3) is 5.91 Å². The first kappa shape index (κ1) is 21.7. The Labute approximate surface area is 172 Å². The van der Waals surface area contributed by atoms with Crippen LogP contribution in [0.1, 0.15) is 12.5 Å². The maximum Gasteiger partial charge on any atom is 0.258 e. The molecule has 0 aromatic heterocycles. The first-order chi connectivity index (χ1) is 13.3. The van der Waals surface area contributed by atoms with Crippen molar-refractivity contribution < 1.29 is 19.1 Å². The fraction of sp³-hybridized carbons (Fsp3) is 0.263. The lowest BCUT2D eigenvalue weighted by molar-refractivity contribution is -0.126. The Morgan fingerprint density at radius 2 is 1.75 bits per heavy atom. The van der Waals surface area contributed by atoms with Crippen LogP contribution in [-0.2, 0) is 9.59 Å². The van der Waals surface area contributed by atoms with Crippen LogP contribution < -0.4 is 14.8 Å². The van der Waals surface area contributed by atoms with Gasteiger partial charge in [-0.2, -0.15) is 10.2 Å². The van der Waals surface area contributed by atoms with Crippen LogP contribution in [0, 0.1) is 6.92 Å². The van der Waals surface area contributed by atoms with Crippen molar-refractivity contribution in [3.05, 3.63) is 45.9 Å². The Kier molecular flexibility index (Phi) is 7.37. The molecule has 2 rings (SSSR count). The lowest BCUT2D eigenvalue weighted by Crippen LogP contribution is -2.32. The van der Waals surface area contributed by atoms with Gasteiger partial charge in [-0.25, -0.2) is 0 Å². The van der Waals surface area contributed by atoms with Gasteiger partial charge in [0, 0.05) is 11.1 Å². The summed E-state index contributed by atoms with van der Waals surface area (Å²) in [4.78, 5) is 24.6. The molecular weight excluding hydrogens is 405 g/mol. The molecule has 28 heavy (non-hydrogen) atoms. The van der Waals surface area contributed by atoms with Gasteiger partial charge in [-0.15, -0.1) is 0 Å². The average Bonchev–Trinajstić information content (AvgIpc) is 2.63. The molecule has 0 saturated heterocycles. The first-order valence-corrected chi connectivity index (χ1v) is 8.92. The number of benzene rings is 2. The maximum atomic E-state index is 12.6. The van der Waals surface area contributed by atoms with Crippen LogP contribution in [0.3, 0.4) is 0 Å². The number of carbonyl (C=O) groups excluding carboxylic acids is 2. The molecule has 0 bridgehead atoms. The number of hydrogen-bond acceptors (Lipinski definition) is 6. The lowest BCUT2D eigenvalue weighted by Gasteiger charge is -2.14. The topological polar surface area (TPSA) is 89.3 Å². The molecule has 2 aromatic carbocycles. The van der Waals surface area contributed by atoms with Crippen molar-refractivity contribution in [2.24, 2.45) is 10.2 Å². The van der Waals surface area contributed by atoms with Crippen molar-refractivity contribution in [3.63, 3.8) is 0 Å². The van der Waals surface area contributed by atoms with E-state index in [0.717, 1.165) is 5.56 Å². The van der Waals surface area contributed by atoms with Crippen molar-refractivity contribution in [2.45, 2.75) is 19.9 Å². The molecule has 1 N–H and O–H groups in total. The monoisotopic (exact) mass is 423 g/mol. The molecule has 1 unspecified atom stereocenters. The van der Waals surface area contributed by atoms with E-state index in [0.29, 0.717) is 22.2 Å². The van der Waals surface area contributed by atoms with Crippen molar-refractivity contribution >= 4 is 46.3 Å². The third-order valence-corrected chi connectivity index (χ3v) is 4.34. The molecule has 1 atom stereocenters. The van der Waals surface area contributed by atoms with Gasteiger partial charge in [-0.05, 0) is 43.7 Å². The molecule has 0 saturated carbocycles. The van der Waals surface area contributed by atoms with Gasteiger partial charge in [-0.3, -0.25) is 9.59 Å². The largest absolute Gasteiger partial charge is 0.495 e. The SMILES string of the molecule is COc1cc(OC)c(NC(=O)C(N=Nc2ccc(Cl)cc2C)C(C)=O)cc1Cl. The molecule has 1 amide bonds. The summed E-state index contributed by atoms with van der Waals surface area (Å²) in [5.74, 6) is -0.422. The number of methoxy groups -OCH3 is 2. The molecule has 0 fully saturated rings. The second-order valence-electron chi connectivity index (χ2n) is 5.84. The number of ether oxygens (including phenoxy) is 2. The number of halogens is 2. The number of hydrogen-bond donors (Lipinski definition) is 1. The van der Waals surface area contributed by atoms with Crippen LogP contribution in [0.4, 0.5) is 11.4 Å². The van der Waals surface area contributed by atoms with Crippen LogP contribution in [0.25, 0.3) is 0 Å². The molecule has 9 heteroatoms. The average molecular weight is 424 g/mol. The molecule has 148 valence electrons. The third kappa shape index (κ3) is 5.21. The fourth-order valence-corrected chi connectivity index (χ4v) is 2.80. The van der Waals surface area contributed by atoms with E-state index in [4.69, 9.17) is 32.7 Å². The van der Waals surface area contributed by atoms with Crippen LogP contribution >= 0.6 is 23.2 Å². The van der Waals surface area contributed by atoms with E-state index in [1.807, 2.05) is 0 Å². The van der Waals surface area contributed by atoms with Crippen LogP contribution in [-0.4, -0.2) is 32.0 Å². The van der Waals surface area contributed by atoms with Gasteiger partial charge >= 0.3 is 0 Å². The zero-order valence-corrected chi connectivity index (χ0v) is 17.3. The second kappa shape index (κ2) is 9.52. The van der Waals surface area contributed by atoms with Crippen LogP contribution in [0.15, 0.2) is 40.6 Å². The van der Waals surface area contributed by atoms with E-state index in [9.17, 15) is 9.59 Å². The maximum absolute atomic E-state index is 12.6. The minimum absolute atomic E-state index is 0.274. The minimum Gasteiger partial charge on any atom is -0.495 e. The number of carbonyl (C=O) groups is 2. The summed E-state index contributed by atoms with van der Waals surface area (Å²) in [5.41, 5.74) is 1.55. The Balaban J connectivity index is 2.27. The molecule has 2 aromatic rings. The molecule has 0 radical (unpaired) electrons. The number of anilines is 1. The van der Waals surface area contributed by atoms with Crippen molar-refractivity contribution in [3.8, 4) is 11.5 Å². The second-order valence-corrected chi connectivity index (χ2v) is 6.68. The van der Waals surface area contributed by atoms with Gasteiger partial charge in [0.05, 0.1) is 30.6 Å². The summed E-state index contributed by atoms with van der Waals surface area (Å²) < 4.78 is 10.4. The number of rotatable bonds is 7. The van der Waals surface area contributed by atoms with E-state index >= 15 is 0 Å². The number of azo groups is 1. The molecule has 0 aliphatic rings. The van der Waals surface area contributed by atoms with Gasteiger partial charge < -0.3 is 14.8 Å². The molecule has 0 heterocycles. The summed E-state index contributed by atoms with van der Waals surface area (Å²) in [6.45, 7) is 3.06. The van der Waals surface area contributed by atoms with Gasteiger partial charge in [0.2, 0.25) is 6.04 Å². The quantitative estimate of drug-likeness (QED) is 0.501. The number of amides is 1. The highest BCUT2D eigenvalue weighted by molar-refractivity contribution is 6.32. The molecule has 0 spiro atoms. The number of aryl methyl sites for hydroxylation is 1. The Hall–Kier alpha value is -2.64. The minimum atomic E-state index is -1.33. The standard InChI is InChI=1S/C19H19Cl2N3O4/c1-10-7-12(20)5-6-14(10)23-24-18(11(2)25)19(26)22-15-8-13(21)16(27-3)9-17(15)28-4/h5-9,18H,1-4H3,(H,22,26). The molecule has 0 aliphatic heterocycles. The molecule has 0 aliphatic carbocycles. The number of ketones is 1. The van der Waals surface area contributed by atoms with E-state index in [2.05, 4.69) is 15.5 Å². The smallest absolute Gasteiger partial charge is 0.258 e. The summed E-state index contributed by atoms with van der Waals surface area (Å²) >= 11 is 12.0. The number of Topliss-reactive ketones (excluding diaryl/α,β-unsaturated/α-hetero) is 1. The van der Waals surface area contributed by atoms with Crippen LogP contribution in [0.2, 0.25) is 10.0 Å². The van der Waals surface area contributed by atoms with E-state index in [-0.39, 0.29) is 10.7 Å². The molecule has 7 nitrogen and oxygen atoms in total. The highest BCUT2D eigenvalue weighted by Crippen LogP contribution is 2.36. The summed E-state index contributed by atoms with van der Waals surface area (Å²) in [7, 11) is 2.90. The third-order valence-electron chi connectivity index (χ3n) is 3.80. The van der Waals surface area contributed by atoms with Gasteiger partial charge in [0.1, 0.15) is 11.5 Å². The Morgan fingerprint density at radius 3 is 2.32 bits per heavy atom. The van der Waals surface area contributed by atoms with Gasteiger partial charge in [0.15, 0.2) is 5.78 Å². The summed E-state index contributed by atoms with van der Waals surface area (Å²) in [6.07, 6.45) is 0. The van der Waals surface area contributed by atoms with E-state index in [1.54, 1.807) is 25.1 Å². The predicted molar refractivity (Wildman–Crippen MR) is 108 cm³/mol. The lowest BCUT2D eigenvalue weighted by atomic mass is 10.2. The number of nitrogens with zero attached hydrogens (tertiary/aromatic N) is 2. The predicted octanol–water partition coefficient (Wildman–Crippen LogP) is 5.00. The first-order valence-electron chi connectivity index (χ1n) is 8.16. The highest BCUT2D eigenvalue weighted by atomic mass is 35.5. The molecular formula is C19H19Cl2N3O4. The van der Waals surface area contributed by atoms with Gasteiger partial charge in [-0.1, -0.05) is 23.2 Å². The summed E-state index contributed by atoms with van der Waals surface area (Å²) in [5, 5.41) is 11.4. The fourth-order valence-electron chi connectivity index (χ4n) is 2.33. The Bertz CT molecular complexity index is 932. The van der Waals surface area contributed by atoms with E-state index < -0.39 is 17.7 Å². The number of nitrogens with one attached hydrogen (secondary N) is 1. The highest BCUT2D eigenvalue weighted by Gasteiger charge is 2.25. The summed E-state index contributed by atoms with van der Waals surface area (Å²) in [6, 6.07) is 6.68. The normalized spacial score (nSPS) is 11.9. The van der Waals surface area contributed by atoms with Crippen LogP contribution in [0.5, 0.6) is 11.5 Å². The zero-order chi connectivity index (χ0) is 20.8. The van der Waals surface area contributed by atoms with E-state index in [1.165, 1.54) is 33.3 Å². The zero-order valence-electron chi connectivity index (χ0n) is 15.7. The van der Waals surface area contributed by atoms with Crippen molar-refractivity contribution in [1.29, 1.82) is 0 Å². The Morgan fingerprint density at radius 1 is 1.07 bits per heavy atom.